The maximum absolute atomic E-state index is 13.4. The van der Waals surface area contributed by atoms with Crippen molar-refractivity contribution in [1.82, 2.24) is 0 Å². The molecule has 0 heterocycles. The van der Waals surface area contributed by atoms with E-state index in [9.17, 15) is 18.0 Å². The first-order chi connectivity index (χ1) is 16.1. The maximum Gasteiger partial charge on any atom is 0.338 e. The van der Waals surface area contributed by atoms with Gasteiger partial charge in [-0.15, -0.1) is 0 Å². The minimum atomic E-state index is -4.11. The zero-order valence-electron chi connectivity index (χ0n) is 18.4. The molecular weight excluding hydrogens is 499 g/mol. The zero-order chi connectivity index (χ0) is 24.9. The van der Waals surface area contributed by atoms with Gasteiger partial charge < -0.3 is 10.1 Å². The highest BCUT2D eigenvalue weighted by molar-refractivity contribution is 7.92. The topological polar surface area (TPSA) is 92.8 Å². The Hall–Kier alpha value is -3.07. The van der Waals surface area contributed by atoms with Gasteiger partial charge in [-0.3, -0.25) is 9.10 Å². The van der Waals surface area contributed by atoms with Gasteiger partial charge in [-0.05, 0) is 61.9 Å². The lowest BCUT2D eigenvalue weighted by Gasteiger charge is -2.24. The Bertz CT molecular complexity index is 1310. The van der Waals surface area contributed by atoms with E-state index in [4.69, 9.17) is 27.9 Å². The van der Waals surface area contributed by atoms with E-state index in [1.165, 1.54) is 36.4 Å². The maximum atomic E-state index is 13.4. The van der Waals surface area contributed by atoms with Crippen LogP contribution in [0, 0.1) is 6.92 Å². The van der Waals surface area contributed by atoms with Crippen LogP contribution < -0.4 is 9.62 Å². The standard InChI is InChI=1S/C24H22Cl2N2O5S/c1-3-33-24(30)17-10-9-16(2)22(13-17)27-23(29)15-28(18-11-12-20(25)21(26)14-18)34(31,32)19-7-5-4-6-8-19/h4-14H,3,15H2,1-2H3,(H,27,29). The van der Waals surface area contributed by atoms with Crippen LogP contribution in [-0.2, 0) is 19.6 Å². The molecule has 0 aromatic heterocycles. The minimum Gasteiger partial charge on any atom is -0.462 e. The highest BCUT2D eigenvalue weighted by atomic mass is 35.5. The summed E-state index contributed by atoms with van der Waals surface area (Å²) in [6, 6.07) is 16.8. The largest absolute Gasteiger partial charge is 0.462 e. The Morgan fingerprint density at radius 2 is 1.68 bits per heavy atom. The third kappa shape index (κ3) is 5.88. The average Bonchev–Trinajstić information content (AvgIpc) is 2.81. The van der Waals surface area contributed by atoms with Crippen molar-refractivity contribution >= 4 is 56.5 Å². The molecule has 0 fully saturated rings. The van der Waals surface area contributed by atoms with Crippen molar-refractivity contribution in [3.8, 4) is 0 Å². The van der Waals surface area contributed by atoms with Crippen LogP contribution in [0.25, 0.3) is 0 Å². The molecule has 1 N–H and O–H groups in total. The number of esters is 1. The van der Waals surface area contributed by atoms with Crippen LogP contribution in [0.4, 0.5) is 11.4 Å². The van der Waals surface area contributed by atoms with Crippen LogP contribution in [0.5, 0.6) is 0 Å². The molecule has 0 aliphatic rings. The Morgan fingerprint density at radius 3 is 2.32 bits per heavy atom. The Kier molecular flexibility index (Phi) is 8.19. The van der Waals surface area contributed by atoms with Gasteiger partial charge in [-0.25, -0.2) is 13.2 Å². The van der Waals surface area contributed by atoms with Crippen LogP contribution in [0.2, 0.25) is 10.0 Å². The molecule has 1 amide bonds. The fourth-order valence-electron chi connectivity index (χ4n) is 3.09. The molecule has 0 spiro atoms. The first-order valence-corrected chi connectivity index (χ1v) is 12.4. The SMILES string of the molecule is CCOC(=O)c1ccc(C)c(NC(=O)CN(c2ccc(Cl)c(Cl)c2)S(=O)(=O)c2ccccc2)c1. The zero-order valence-corrected chi connectivity index (χ0v) is 20.7. The first kappa shape index (κ1) is 25.6. The molecule has 3 aromatic rings. The van der Waals surface area contributed by atoms with Gasteiger partial charge in [0.15, 0.2) is 0 Å². The number of nitrogens with zero attached hydrogens (tertiary/aromatic N) is 1. The van der Waals surface area contributed by atoms with E-state index >= 15 is 0 Å². The number of halogens is 2. The quantitative estimate of drug-likeness (QED) is 0.406. The number of aryl methyl sites for hydroxylation is 1. The molecule has 0 aliphatic heterocycles. The van der Waals surface area contributed by atoms with E-state index in [-0.39, 0.29) is 32.8 Å². The van der Waals surface area contributed by atoms with Crippen LogP contribution in [0.3, 0.4) is 0 Å². The van der Waals surface area contributed by atoms with E-state index in [2.05, 4.69) is 5.32 Å². The fraction of sp³-hybridized carbons (Fsp3) is 0.167. The molecule has 0 atom stereocenters. The van der Waals surface area contributed by atoms with Gasteiger partial charge in [-0.1, -0.05) is 47.5 Å². The van der Waals surface area contributed by atoms with Crippen molar-refractivity contribution in [3.63, 3.8) is 0 Å². The summed E-state index contributed by atoms with van der Waals surface area (Å²) in [6.07, 6.45) is 0. The van der Waals surface area contributed by atoms with Crippen molar-refractivity contribution in [1.29, 1.82) is 0 Å². The molecule has 0 bridgehead atoms. The smallest absolute Gasteiger partial charge is 0.338 e. The number of benzene rings is 3. The first-order valence-electron chi connectivity index (χ1n) is 10.2. The third-order valence-corrected chi connectivity index (χ3v) is 7.36. The second kappa shape index (κ2) is 10.9. The molecule has 0 saturated heterocycles. The number of sulfonamides is 1. The van der Waals surface area contributed by atoms with Crippen molar-refractivity contribution in [2.45, 2.75) is 18.7 Å². The molecule has 10 heteroatoms. The van der Waals surface area contributed by atoms with E-state index in [1.54, 1.807) is 44.2 Å². The Morgan fingerprint density at radius 1 is 0.971 bits per heavy atom. The summed E-state index contributed by atoms with van der Waals surface area (Å²) in [7, 11) is -4.11. The van der Waals surface area contributed by atoms with Crippen LogP contribution in [-0.4, -0.2) is 33.4 Å². The number of hydrogen-bond donors (Lipinski definition) is 1. The number of carbonyl (C=O) groups excluding carboxylic acids is 2. The molecule has 0 radical (unpaired) electrons. The molecule has 178 valence electrons. The van der Waals surface area contributed by atoms with E-state index < -0.39 is 28.4 Å². The molecule has 3 aromatic carbocycles. The highest BCUT2D eigenvalue weighted by Crippen LogP contribution is 2.30. The van der Waals surface area contributed by atoms with Crippen LogP contribution in [0.1, 0.15) is 22.8 Å². The van der Waals surface area contributed by atoms with Crippen LogP contribution >= 0.6 is 23.2 Å². The minimum absolute atomic E-state index is 0.00867. The summed E-state index contributed by atoms with van der Waals surface area (Å²) < 4.78 is 32.8. The van der Waals surface area contributed by atoms with Crippen LogP contribution in [0.15, 0.2) is 71.6 Å². The monoisotopic (exact) mass is 520 g/mol. The number of hydrogen-bond acceptors (Lipinski definition) is 5. The summed E-state index contributed by atoms with van der Waals surface area (Å²) in [5.41, 5.74) is 1.49. The summed E-state index contributed by atoms with van der Waals surface area (Å²) in [6.45, 7) is 3.12. The Balaban J connectivity index is 1.94. The average molecular weight is 521 g/mol. The van der Waals surface area contributed by atoms with Gasteiger partial charge in [0.05, 0.1) is 32.8 Å². The lowest BCUT2D eigenvalue weighted by atomic mass is 10.1. The lowest BCUT2D eigenvalue weighted by Crippen LogP contribution is -2.38. The second-order valence-corrected chi connectivity index (χ2v) is 9.90. The van der Waals surface area contributed by atoms with E-state index in [0.29, 0.717) is 11.3 Å². The number of carbonyl (C=O) groups is 2. The van der Waals surface area contributed by atoms with Gasteiger partial charge in [-0.2, -0.15) is 0 Å². The van der Waals surface area contributed by atoms with Crippen molar-refractivity contribution in [2.75, 3.05) is 22.8 Å². The van der Waals surface area contributed by atoms with Gasteiger partial charge in [0, 0.05) is 5.69 Å². The number of amides is 1. The Labute approximate surface area is 208 Å². The number of anilines is 2. The predicted molar refractivity (Wildman–Crippen MR) is 133 cm³/mol. The van der Waals surface area contributed by atoms with E-state index in [1.807, 2.05) is 0 Å². The van der Waals surface area contributed by atoms with Crippen molar-refractivity contribution in [2.24, 2.45) is 0 Å². The number of nitrogens with one attached hydrogen (secondary N) is 1. The molecular formula is C24H22Cl2N2O5S. The molecule has 3 rings (SSSR count). The van der Waals surface area contributed by atoms with Crippen molar-refractivity contribution in [3.05, 3.63) is 87.9 Å². The second-order valence-electron chi connectivity index (χ2n) is 7.22. The number of ether oxygens (including phenoxy) is 1. The summed E-state index contributed by atoms with van der Waals surface area (Å²) >= 11 is 12.1. The molecule has 34 heavy (non-hydrogen) atoms. The molecule has 0 unspecified atom stereocenters. The van der Waals surface area contributed by atoms with Gasteiger partial charge in [0.25, 0.3) is 10.0 Å². The molecule has 7 nitrogen and oxygen atoms in total. The third-order valence-electron chi connectivity index (χ3n) is 4.83. The van der Waals surface area contributed by atoms with Crippen molar-refractivity contribution < 1.29 is 22.7 Å². The fourth-order valence-corrected chi connectivity index (χ4v) is 4.82. The summed E-state index contributed by atoms with van der Waals surface area (Å²) in [5.74, 6) is -1.14. The normalized spacial score (nSPS) is 11.1. The van der Waals surface area contributed by atoms with Gasteiger partial charge in [0.2, 0.25) is 5.91 Å². The van der Waals surface area contributed by atoms with E-state index in [0.717, 1.165) is 4.31 Å². The highest BCUT2D eigenvalue weighted by Gasteiger charge is 2.28. The predicted octanol–water partition coefficient (Wildman–Crippen LogP) is 5.31. The molecule has 0 aliphatic carbocycles. The number of rotatable bonds is 8. The summed E-state index contributed by atoms with van der Waals surface area (Å²) in [4.78, 5) is 25.1. The lowest BCUT2D eigenvalue weighted by molar-refractivity contribution is -0.114. The van der Waals surface area contributed by atoms with Gasteiger partial charge in [0.1, 0.15) is 6.54 Å². The van der Waals surface area contributed by atoms with Gasteiger partial charge >= 0.3 is 5.97 Å². The molecule has 0 saturated carbocycles. The summed E-state index contributed by atoms with van der Waals surface area (Å²) in [5, 5.41) is 3.08.